The van der Waals surface area contributed by atoms with E-state index in [9.17, 15) is 0 Å². The van der Waals surface area contributed by atoms with Crippen molar-refractivity contribution >= 4 is 6.08 Å². The lowest BCUT2D eigenvalue weighted by atomic mass is 9.48. The van der Waals surface area contributed by atoms with Gasteiger partial charge in [0.25, 0.3) is 0 Å². The zero-order valence-electron chi connectivity index (χ0n) is 17.1. The van der Waals surface area contributed by atoms with Gasteiger partial charge in [0.15, 0.2) is 0 Å². The zero-order chi connectivity index (χ0) is 18.2. The van der Waals surface area contributed by atoms with Crippen molar-refractivity contribution in [2.24, 2.45) is 23.7 Å². The van der Waals surface area contributed by atoms with Gasteiger partial charge in [-0.3, -0.25) is 0 Å². The maximum absolute atomic E-state index is 4.61. The van der Waals surface area contributed by atoms with Gasteiger partial charge in [-0.1, -0.05) is 63.6 Å². The van der Waals surface area contributed by atoms with E-state index in [0.717, 1.165) is 29.6 Å². The second-order valence-corrected chi connectivity index (χ2v) is 10.7. The van der Waals surface area contributed by atoms with Crippen LogP contribution in [0.5, 0.6) is 0 Å². The van der Waals surface area contributed by atoms with Crippen molar-refractivity contribution < 1.29 is 0 Å². The standard InChI is InChI=1S/C26H34/c1-6-16-7-19-13-21(26(3,4)5)14-24(23(19)10-16)25-20-9-17-8-18(12-20)15(2)22(25)11-17/h7,13-14,17-18,20,22,25H,2,6,8-12H2,1,3-5H3. The van der Waals surface area contributed by atoms with Gasteiger partial charge in [-0.25, -0.2) is 0 Å². The maximum atomic E-state index is 4.61. The first-order valence-corrected chi connectivity index (χ1v) is 10.9. The monoisotopic (exact) mass is 346 g/mol. The first-order chi connectivity index (χ1) is 12.3. The van der Waals surface area contributed by atoms with Crippen molar-refractivity contribution in [2.45, 2.75) is 77.6 Å². The summed E-state index contributed by atoms with van der Waals surface area (Å²) < 4.78 is 0. The molecular formula is C26H34. The third-order valence-electron chi connectivity index (χ3n) is 8.13. The highest BCUT2D eigenvalue weighted by Gasteiger charge is 2.51. The molecule has 4 saturated carbocycles. The number of benzene rings is 1. The van der Waals surface area contributed by atoms with Gasteiger partial charge >= 0.3 is 0 Å². The summed E-state index contributed by atoms with van der Waals surface area (Å²) in [7, 11) is 0. The molecule has 0 heterocycles. The molecule has 5 aliphatic carbocycles. The van der Waals surface area contributed by atoms with E-state index in [0.29, 0.717) is 0 Å². The van der Waals surface area contributed by atoms with Gasteiger partial charge in [-0.05, 0) is 95.8 Å². The molecule has 1 aromatic rings. The number of hydrogen-bond donors (Lipinski definition) is 0. The van der Waals surface area contributed by atoms with E-state index in [1.54, 1.807) is 22.3 Å². The topological polar surface area (TPSA) is 0 Å². The fourth-order valence-corrected chi connectivity index (χ4v) is 6.77. The van der Waals surface area contributed by atoms with Gasteiger partial charge in [-0.15, -0.1) is 0 Å². The van der Waals surface area contributed by atoms with E-state index in [2.05, 4.69) is 52.5 Å². The highest BCUT2D eigenvalue weighted by molar-refractivity contribution is 5.67. The molecule has 0 radical (unpaired) electrons. The average molecular weight is 347 g/mol. The van der Waals surface area contributed by atoms with E-state index >= 15 is 0 Å². The lowest BCUT2D eigenvalue weighted by Crippen LogP contribution is -2.45. The first kappa shape index (κ1) is 16.8. The third-order valence-corrected chi connectivity index (χ3v) is 8.13. The molecule has 0 N–H and O–H groups in total. The molecule has 138 valence electrons. The summed E-state index contributed by atoms with van der Waals surface area (Å²) in [6, 6.07) is 5.11. The minimum atomic E-state index is 0.218. The molecule has 4 bridgehead atoms. The van der Waals surface area contributed by atoms with Gasteiger partial charge in [0.2, 0.25) is 0 Å². The molecule has 0 saturated heterocycles. The largest absolute Gasteiger partial charge is 0.0993 e. The van der Waals surface area contributed by atoms with Crippen LogP contribution in [0.25, 0.3) is 6.08 Å². The number of allylic oxidation sites excluding steroid dienone is 2. The average Bonchev–Trinajstić information content (AvgIpc) is 3.01. The van der Waals surface area contributed by atoms with Crippen molar-refractivity contribution in [3.63, 3.8) is 0 Å². The Bertz CT molecular complexity index is 800. The quantitative estimate of drug-likeness (QED) is 0.504. The van der Waals surface area contributed by atoms with Crippen LogP contribution in [0.4, 0.5) is 0 Å². The molecule has 5 unspecified atom stereocenters. The van der Waals surface area contributed by atoms with Crippen LogP contribution in [0.3, 0.4) is 0 Å². The molecule has 1 aromatic carbocycles. The van der Waals surface area contributed by atoms with Crippen LogP contribution in [-0.4, -0.2) is 0 Å². The molecule has 0 heteroatoms. The molecule has 5 atom stereocenters. The lowest BCUT2D eigenvalue weighted by Gasteiger charge is -2.56. The van der Waals surface area contributed by atoms with E-state index in [1.807, 2.05) is 0 Å². The van der Waals surface area contributed by atoms with E-state index in [-0.39, 0.29) is 5.41 Å². The molecule has 5 aliphatic rings. The Labute approximate surface area is 159 Å². The fraction of sp³-hybridized carbons (Fsp3) is 0.615. The van der Waals surface area contributed by atoms with Crippen LogP contribution in [0.2, 0.25) is 0 Å². The fourth-order valence-electron chi connectivity index (χ4n) is 6.77. The number of hydrogen-bond acceptors (Lipinski definition) is 0. The molecule has 0 spiro atoms. The number of rotatable bonds is 2. The normalized spacial score (nSPS) is 35.0. The highest BCUT2D eigenvalue weighted by Crippen LogP contribution is 2.62. The van der Waals surface area contributed by atoms with Crippen molar-refractivity contribution in [3.05, 3.63) is 52.1 Å². The smallest absolute Gasteiger partial charge is 0.00551 e. The summed E-state index contributed by atoms with van der Waals surface area (Å²) in [5, 5.41) is 0. The highest BCUT2D eigenvalue weighted by atomic mass is 14.6. The predicted molar refractivity (Wildman–Crippen MR) is 111 cm³/mol. The minimum absolute atomic E-state index is 0.218. The van der Waals surface area contributed by atoms with Gasteiger partial charge in [0.05, 0.1) is 0 Å². The predicted octanol–water partition coefficient (Wildman–Crippen LogP) is 7.04. The lowest BCUT2D eigenvalue weighted by molar-refractivity contribution is 0.0455. The Morgan fingerprint density at radius 1 is 1.08 bits per heavy atom. The van der Waals surface area contributed by atoms with Crippen molar-refractivity contribution in [1.29, 1.82) is 0 Å². The second-order valence-electron chi connectivity index (χ2n) is 10.7. The molecule has 4 fully saturated rings. The molecule has 0 nitrogen and oxygen atoms in total. The summed E-state index contributed by atoms with van der Waals surface area (Å²) in [4.78, 5) is 0. The first-order valence-electron chi connectivity index (χ1n) is 10.9. The van der Waals surface area contributed by atoms with Crippen molar-refractivity contribution in [2.75, 3.05) is 0 Å². The third kappa shape index (κ3) is 2.40. The summed E-state index contributed by atoms with van der Waals surface area (Å²) in [5.41, 5.74) is 9.88. The Kier molecular flexibility index (Phi) is 3.63. The number of fused-ring (bicyclic) bond motifs is 1. The second kappa shape index (κ2) is 5.60. The molecular weight excluding hydrogens is 312 g/mol. The van der Waals surface area contributed by atoms with Gasteiger partial charge in [0.1, 0.15) is 0 Å². The SMILES string of the molecule is C=C1C2CC3CC(C2)C(c2cc(C(C)(C)C)cc4c2CC(CC)=C4)C1C3. The Morgan fingerprint density at radius 3 is 2.62 bits per heavy atom. The van der Waals surface area contributed by atoms with Crippen LogP contribution in [0, 0.1) is 23.7 Å². The van der Waals surface area contributed by atoms with Crippen LogP contribution in [0.15, 0.2) is 29.9 Å². The van der Waals surface area contributed by atoms with Gasteiger partial charge in [-0.2, -0.15) is 0 Å². The minimum Gasteiger partial charge on any atom is -0.0993 e. The molecule has 26 heavy (non-hydrogen) atoms. The summed E-state index contributed by atoms with van der Waals surface area (Å²) in [6.07, 6.45) is 10.6. The molecule has 0 aromatic heterocycles. The zero-order valence-corrected chi connectivity index (χ0v) is 17.1. The van der Waals surface area contributed by atoms with Crippen LogP contribution >= 0.6 is 0 Å². The summed E-state index contributed by atoms with van der Waals surface area (Å²) >= 11 is 0. The van der Waals surface area contributed by atoms with Crippen LogP contribution < -0.4 is 0 Å². The van der Waals surface area contributed by atoms with Crippen molar-refractivity contribution in [3.8, 4) is 0 Å². The Balaban J connectivity index is 1.64. The van der Waals surface area contributed by atoms with E-state index < -0.39 is 0 Å². The van der Waals surface area contributed by atoms with Crippen molar-refractivity contribution in [1.82, 2.24) is 0 Å². The van der Waals surface area contributed by atoms with Gasteiger partial charge < -0.3 is 0 Å². The van der Waals surface area contributed by atoms with E-state index in [1.165, 1.54) is 49.7 Å². The van der Waals surface area contributed by atoms with E-state index in [4.69, 9.17) is 0 Å². The Morgan fingerprint density at radius 2 is 1.88 bits per heavy atom. The molecule has 0 aliphatic heterocycles. The maximum Gasteiger partial charge on any atom is -0.00551 e. The molecule has 0 amide bonds. The van der Waals surface area contributed by atoms with Gasteiger partial charge in [0, 0.05) is 0 Å². The summed E-state index contributed by atoms with van der Waals surface area (Å²) in [6.45, 7) is 14.0. The Hall–Kier alpha value is -1.30. The van der Waals surface area contributed by atoms with Crippen LogP contribution in [0.1, 0.15) is 88.0 Å². The van der Waals surface area contributed by atoms with Crippen LogP contribution in [-0.2, 0) is 11.8 Å². The molecule has 6 rings (SSSR count). The summed E-state index contributed by atoms with van der Waals surface area (Å²) in [5.74, 6) is 4.26.